The van der Waals surface area contributed by atoms with Crippen LogP contribution in [0, 0.1) is 6.92 Å². The number of aromatic nitrogens is 1. The first-order chi connectivity index (χ1) is 8.42. The number of hydrogen-bond acceptors (Lipinski definition) is 2. The van der Waals surface area contributed by atoms with E-state index in [1.54, 1.807) is 0 Å². The smallest absolute Gasteiger partial charge is 0.0705 e. The largest absolute Gasteiger partial charge is 0.325 e. The van der Waals surface area contributed by atoms with Crippen LogP contribution in [0.3, 0.4) is 0 Å². The lowest BCUT2D eigenvalue weighted by Gasteiger charge is -2.31. The fourth-order valence-corrected chi connectivity index (χ4v) is 2.96. The zero-order chi connectivity index (χ0) is 13.0. The Morgan fingerprint density at radius 2 is 1.89 bits per heavy atom. The summed E-state index contributed by atoms with van der Waals surface area (Å²) in [5, 5.41) is 1.22. The van der Waals surface area contributed by atoms with Crippen LogP contribution in [0.4, 0.5) is 0 Å². The highest BCUT2D eigenvalue weighted by molar-refractivity contribution is 5.80. The fraction of sp³-hybridized carbons (Fsp3) is 0.438. The van der Waals surface area contributed by atoms with Gasteiger partial charge in [0.25, 0.3) is 0 Å². The molecule has 1 saturated carbocycles. The summed E-state index contributed by atoms with van der Waals surface area (Å²) in [5.41, 5.74) is 9.89. The van der Waals surface area contributed by atoms with Crippen molar-refractivity contribution in [2.24, 2.45) is 5.73 Å². The van der Waals surface area contributed by atoms with E-state index in [1.165, 1.54) is 23.8 Å². The summed E-state index contributed by atoms with van der Waals surface area (Å²) < 4.78 is 0. The molecule has 2 aromatic rings. The molecule has 0 radical (unpaired) electrons. The minimum absolute atomic E-state index is 0.154. The number of pyridine rings is 1. The zero-order valence-electron chi connectivity index (χ0n) is 11.3. The molecule has 0 unspecified atom stereocenters. The first kappa shape index (κ1) is 11.7. The molecule has 18 heavy (non-hydrogen) atoms. The molecule has 0 aliphatic heterocycles. The van der Waals surface area contributed by atoms with Gasteiger partial charge in [0, 0.05) is 22.0 Å². The van der Waals surface area contributed by atoms with Crippen molar-refractivity contribution >= 4 is 10.9 Å². The van der Waals surface area contributed by atoms with Crippen LogP contribution in [-0.4, -0.2) is 10.5 Å². The standard InChI is InChI=1S/C16H20N2/c1-11-4-5-12-10-13(6-7-14(12)18-11)16(8-9-16)15(2,3)17/h4-7,10H,8-9,17H2,1-3H3. The highest BCUT2D eigenvalue weighted by Crippen LogP contribution is 2.54. The Morgan fingerprint density at radius 3 is 2.50 bits per heavy atom. The lowest BCUT2D eigenvalue weighted by atomic mass is 9.79. The van der Waals surface area contributed by atoms with Gasteiger partial charge in [-0.2, -0.15) is 0 Å². The Kier molecular flexibility index (Phi) is 2.30. The molecule has 2 heteroatoms. The van der Waals surface area contributed by atoms with Gasteiger partial charge in [0.1, 0.15) is 0 Å². The monoisotopic (exact) mass is 240 g/mol. The van der Waals surface area contributed by atoms with E-state index in [4.69, 9.17) is 5.73 Å². The summed E-state index contributed by atoms with van der Waals surface area (Å²) in [6, 6.07) is 10.8. The van der Waals surface area contributed by atoms with E-state index in [0.717, 1.165) is 11.2 Å². The molecule has 1 aliphatic rings. The number of aryl methyl sites for hydroxylation is 1. The molecule has 2 nitrogen and oxygen atoms in total. The average Bonchev–Trinajstić information content (AvgIpc) is 3.08. The summed E-state index contributed by atoms with van der Waals surface area (Å²) in [4.78, 5) is 4.55. The van der Waals surface area contributed by atoms with Gasteiger partial charge in [-0.05, 0) is 57.4 Å². The van der Waals surface area contributed by atoms with Crippen LogP contribution >= 0.6 is 0 Å². The van der Waals surface area contributed by atoms with Crippen LogP contribution < -0.4 is 5.73 Å². The Morgan fingerprint density at radius 1 is 1.17 bits per heavy atom. The molecule has 0 amide bonds. The van der Waals surface area contributed by atoms with Crippen molar-refractivity contribution < 1.29 is 0 Å². The van der Waals surface area contributed by atoms with Gasteiger partial charge in [0.2, 0.25) is 0 Å². The summed E-state index contributed by atoms with van der Waals surface area (Å²) in [5.74, 6) is 0. The summed E-state index contributed by atoms with van der Waals surface area (Å²) in [6.07, 6.45) is 2.39. The number of fused-ring (bicyclic) bond motifs is 1. The Hall–Kier alpha value is -1.41. The highest BCUT2D eigenvalue weighted by atomic mass is 14.8. The van der Waals surface area contributed by atoms with Crippen LogP contribution in [0.25, 0.3) is 10.9 Å². The third kappa shape index (κ3) is 1.64. The van der Waals surface area contributed by atoms with Gasteiger partial charge in [-0.3, -0.25) is 4.98 Å². The topological polar surface area (TPSA) is 38.9 Å². The molecule has 0 bridgehead atoms. The fourth-order valence-electron chi connectivity index (χ4n) is 2.96. The van der Waals surface area contributed by atoms with Gasteiger partial charge >= 0.3 is 0 Å². The third-order valence-corrected chi connectivity index (χ3v) is 4.36. The van der Waals surface area contributed by atoms with Crippen molar-refractivity contribution in [1.29, 1.82) is 0 Å². The minimum Gasteiger partial charge on any atom is -0.325 e. The summed E-state index contributed by atoms with van der Waals surface area (Å²) in [6.45, 7) is 6.30. The minimum atomic E-state index is -0.154. The molecular formula is C16H20N2. The third-order valence-electron chi connectivity index (χ3n) is 4.36. The summed E-state index contributed by atoms with van der Waals surface area (Å²) in [7, 11) is 0. The second kappa shape index (κ2) is 3.55. The maximum atomic E-state index is 6.36. The predicted molar refractivity (Wildman–Crippen MR) is 75.7 cm³/mol. The number of benzene rings is 1. The SMILES string of the molecule is Cc1ccc2cc(C3(C(C)(C)N)CC3)ccc2n1. The molecule has 0 spiro atoms. The first-order valence-corrected chi connectivity index (χ1v) is 6.59. The molecule has 1 heterocycles. The van der Waals surface area contributed by atoms with Gasteiger partial charge < -0.3 is 5.73 Å². The van der Waals surface area contributed by atoms with Crippen LogP contribution in [-0.2, 0) is 5.41 Å². The quantitative estimate of drug-likeness (QED) is 0.874. The predicted octanol–water partition coefficient (Wildman–Crippen LogP) is 3.31. The molecule has 3 rings (SSSR count). The van der Waals surface area contributed by atoms with Crippen molar-refractivity contribution in [3.05, 3.63) is 41.6 Å². The number of hydrogen-bond donors (Lipinski definition) is 1. The lowest BCUT2D eigenvalue weighted by molar-refractivity contribution is 0.392. The van der Waals surface area contributed by atoms with Crippen LogP contribution in [0.2, 0.25) is 0 Å². The Labute approximate surface area is 108 Å². The molecule has 1 fully saturated rings. The molecule has 1 aliphatic carbocycles. The number of rotatable bonds is 2. The van der Waals surface area contributed by atoms with Crippen molar-refractivity contribution in [2.75, 3.05) is 0 Å². The van der Waals surface area contributed by atoms with Crippen LogP contribution in [0.1, 0.15) is 37.9 Å². The Bertz CT molecular complexity index is 604. The van der Waals surface area contributed by atoms with Crippen molar-refractivity contribution in [3.8, 4) is 0 Å². The van der Waals surface area contributed by atoms with Crippen molar-refractivity contribution in [3.63, 3.8) is 0 Å². The normalized spacial score (nSPS) is 18.0. The lowest BCUT2D eigenvalue weighted by Crippen LogP contribution is -2.45. The second-order valence-electron chi connectivity index (χ2n) is 6.16. The molecule has 1 aromatic heterocycles. The van der Waals surface area contributed by atoms with E-state index in [9.17, 15) is 0 Å². The maximum Gasteiger partial charge on any atom is 0.0705 e. The van der Waals surface area contributed by atoms with E-state index < -0.39 is 0 Å². The van der Waals surface area contributed by atoms with E-state index in [-0.39, 0.29) is 11.0 Å². The number of nitrogens with zero attached hydrogens (tertiary/aromatic N) is 1. The van der Waals surface area contributed by atoms with E-state index in [2.05, 4.69) is 49.2 Å². The van der Waals surface area contributed by atoms with Gasteiger partial charge in [-0.15, -0.1) is 0 Å². The highest BCUT2D eigenvalue weighted by Gasteiger charge is 2.53. The van der Waals surface area contributed by atoms with Crippen molar-refractivity contribution in [2.45, 2.75) is 44.6 Å². The van der Waals surface area contributed by atoms with E-state index >= 15 is 0 Å². The number of nitrogens with two attached hydrogens (primary N) is 1. The molecule has 0 saturated heterocycles. The Balaban J connectivity index is 2.12. The molecule has 1 aromatic carbocycles. The van der Waals surface area contributed by atoms with E-state index in [0.29, 0.717) is 0 Å². The van der Waals surface area contributed by atoms with Gasteiger partial charge in [0.05, 0.1) is 5.52 Å². The molecule has 94 valence electrons. The zero-order valence-corrected chi connectivity index (χ0v) is 11.3. The van der Waals surface area contributed by atoms with Crippen LogP contribution in [0.5, 0.6) is 0 Å². The van der Waals surface area contributed by atoms with Gasteiger partial charge in [-0.25, -0.2) is 0 Å². The van der Waals surface area contributed by atoms with E-state index in [1.807, 2.05) is 6.92 Å². The molecular weight excluding hydrogens is 220 g/mol. The molecule has 0 atom stereocenters. The van der Waals surface area contributed by atoms with Crippen molar-refractivity contribution in [1.82, 2.24) is 4.98 Å². The van der Waals surface area contributed by atoms with Crippen LogP contribution in [0.15, 0.2) is 30.3 Å². The van der Waals surface area contributed by atoms with Gasteiger partial charge in [-0.1, -0.05) is 12.1 Å². The second-order valence-corrected chi connectivity index (χ2v) is 6.16. The van der Waals surface area contributed by atoms with Gasteiger partial charge in [0.15, 0.2) is 0 Å². The maximum absolute atomic E-state index is 6.36. The first-order valence-electron chi connectivity index (χ1n) is 6.59. The summed E-state index contributed by atoms with van der Waals surface area (Å²) >= 11 is 0. The molecule has 2 N–H and O–H groups in total. The average molecular weight is 240 g/mol.